The second kappa shape index (κ2) is 7.76. The second-order valence-corrected chi connectivity index (χ2v) is 4.80. The molecular formula is C14H23N3O2. The average molecular weight is 265 g/mol. The standard InChI is InChI=1S/C14H23N3O2/c1-11(15)14(18)16-10-12-4-6-13(7-5-12)19-9-8-17(2)3/h4-7,11H,8-10,15H2,1-3H3,(H,16,18). The maximum Gasteiger partial charge on any atom is 0.236 e. The highest BCUT2D eigenvalue weighted by molar-refractivity contribution is 5.80. The average Bonchev–Trinajstić information content (AvgIpc) is 2.37. The number of hydrogen-bond acceptors (Lipinski definition) is 4. The van der Waals surface area contributed by atoms with Crippen LogP contribution in [0, 0.1) is 0 Å². The number of likely N-dealkylation sites (N-methyl/N-ethyl adjacent to an activating group) is 1. The molecular weight excluding hydrogens is 242 g/mol. The number of nitrogens with one attached hydrogen (secondary N) is 1. The Morgan fingerprint density at radius 1 is 1.37 bits per heavy atom. The molecule has 0 aliphatic rings. The van der Waals surface area contributed by atoms with E-state index in [0.717, 1.165) is 17.9 Å². The molecule has 0 aromatic heterocycles. The Morgan fingerprint density at radius 3 is 2.53 bits per heavy atom. The summed E-state index contributed by atoms with van der Waals surface area (Å²) in [7, 11) is 4.02. The third-order valence-corrected chi connectivity index (χ3v) is 2.61. The second-order valence-electron chi connectivity index (χ2n) is 4.80. The van der Waals surface area contributed by atoms with Gasteiger partial charge in [-0.25, -0.2) is 0 Å². The molecule has 1 unspecified atom stereocenters. The molecule has 1 amide bonds. The number of nitrogens with zero attached hydrogens (tertiary/aromatic N) is 1. The summed E-state index contributed by atoms with van der Waals surface area (Å²) in [5.74, 6) is 0.690. The number of carbonyl (C=O) groups excluding carboxylic acids is 1. The first-order chi connectivity index (χ1) is 8.99. The van der Waals surface area contributed by atoms with Crippen LogP contribution < -0.4 is 15.8 Å². The highest BCUT2D eigenvalue weighted by atomic mass is 16.5. The minimum Gasteiger partial charge on any atom is -0.492 e. The van der Waals surface area contributed by atoms with Crippen LogP contribution in [0.3, 0.4) is 0 Å². The molecule has 1 aromatic rings. The highest BCUT2D eigenvalue weighted by Crippen LogP contribution is 2.11. The first-order valence-electron chi connectivity index (χ1n) is 6.39. The molecule has 0 aliphatic heterocycles. The fourth-order valence-corrected chi connectivity index (χ4v) is 1.40. The summed E-state index contributed by atoms with van der Waals surface area (Å²) >= 11 is 0. The van der Waals surface area contributed by atoms with Crippen molar-refractivity contribution in [1.29, 1.82) is 0 Å². The molecule has 5 heteroatoms. The SMILES string of the molecule is CC(N)C(=O)NCc1ccc(OCCN(C)C)cc1. The Hall–Kier alpha value is -1.59. The minimum absolute atomic E-state index is 0.147. The summed E-state index contributed by atoms with van der Waals surface area (Å²) < 4.78 is 5.59. The largest absolute Gasteiger partial charge is 0.492 e. The Bertz CT molecular complexity index is 388. The van der Waals surface area contributed by atoms with Crippen LogP contribution in [0.5, 0.6) is 5.75 Å². The highest BCUT2D eigenvalue weighted by Gasteiger charge is 2.06. The number of nitrogens with two attached hydrogens (primary N) is 1. The van der Waals surface area contributed by atoms with E-state index >= 15 is 0 Å². The zero-order valence-electron chi connectivity index (χ0n) is 11.8. The van der Waals surface area contributed by atoms with Crippen molar-refractivity contribution in [2.75, 3.05) is 27.2 Å². The van der Waals surface area contributed by atoms with E-state index < -0.39 is 6.04 Å². The lowest BCUT2D eigenvalue weighted by Gasteiger charge is -2.11. The van der Waals surface area contributed by atoms with E-state index in [1.165, 1.54) is 0 Å². The van der Waals surface area contributed by atoms with Crippen LogP contribution in [0.1, 0.15) is 12.5 Å². The first-order valence-corrected chi connectivity index (χ1v) is 6.39. The van der Waals surface area contributed by atoms with E-state index in [-0.39, 0.29) is 5.91 Å². The van der Waals surface area contributed by atoms with Crippen molar-refractivity contribution in [3.05, 3.63) is 29.8 Å². The summed E-state index contributed by atoms with van der Waals surface area (Å²) in [6, 6.07) is 7.21. The van der Waals surface area contributed by atoms with Gasteiger partial charge in [0.15, 0.2) is 0 Å². The van der Waals surface area contributed by atoms with Gasteiger partial charge in [-0.2, -0.15) is 0 Å². The molecule has 0 saturated heterocycles. The fourth-order valence-electron chi connectivity index (χ4n) is 1.40. The van der Waals surface area contributed by atoms with Gasteiger partial charge in [0.25, 0.3) is 0 Å². The van der Waals surface area contributed by atoms with E-state index in [9.17, 15) is 4.79 Å². The number of hydrogen-bond donors (Lipinski definition) is 2. The van der Waals surface area contributed by atoms with Crippen LogP contribution in [-0.2, 0) is 11.3 Å². The monoisotopic (exact) mass is 265 g/mol. The number of carbonyl (C=O) groups is 1. The lowest BCUT2D eigenvalue weighted by Crippen LogP contribution is -2.37. The van der Waals surface area contributed by atoms with Crippen molar-refractivity contribution in [3.8, 4) is 5.75 Å². The molecule has 5 nitrogen and oxygen atoms in total. The number of ether oxygens (including phenoxy) is 1. The normalized spacial score (nSPS) is 12.3. The third-order valence-electron chi connectivity index (χ3n) is 2.61. The smallest absolute Gasteiger partial charge is 0.236 e. The molecule has 106 valence electrons. The molecule has 0 radical (unpaired) electrons. The summed E-state index contributed by atoms with van der Waals surface area (Å²) in [5.41, 5.74) is 6.49. The topological polar surface area (TPSA) is 67.6 Å². The van der Waals surface area contributed by atoms with Crippen molar-refractivity contribution in [3.63, 3.8) is 0 Å². The van der Waals surface area contributed by atoms with E-state index in [2.05, 4.69) is 10.2 Å². The van der Waals surface area contributed by atoms with Gasteiger partial charge in [0.1, 0.15) is 12.4 Å². The van der Waals surface area contributed by atoms with Gasteiger partial charge in [-0.15, -0.1) is 0 Å². The number of rotatable bonds is 7. The molecule has 1 rings (SSSR count). The van der Waals surface area contributed by atoms with Gasteiger partial charge in [-0.05, 0) is 38.7 Å². The summed E-state index contributed by atoms with van der Waals surface area (Å²) in [5, 5.41) is 2.76. The van der Waals surface area contributed by atoms with Crippen LogP contribution in [0.25, 0.3) is 0 Å². The van der Waals surface area contributed by atoms with Gasteiger partial charge in [0.05, 0.1) is 6.04 Å². The van der Waals surface area contributed by atoms with Gasteiger partial charge in [0, 0.05) is 13.1 Å². The fraction of sp³-hybridized carbons (Fsp3) is 0.500. The minimum atomic E-state index is -0.478. The number of benzene rings is 1. The van der Waals surface area contributed by atoms with Gasteiger partial charge in [-0.3, -0.25) is 4.79 Å². The molecule has 0 fully saturated rings. The van der Waals surface area contributed by atoms with E-state index in [4.69, 9.17) is 10.5 Å². The quantitative estimate of drug-likeness (QED) is 0.757. The molecule has 19 heavy (non-hydrogen) atoms. The zero-order chi connectivity index (χ0) is 14.3. The molecule has 0 spiro atoms. The Labute approximate surface area is 114 Å². The van der Waals surface area contributed by atoms with Crippen LogP contribution in [0.2, 0.25) is 0 Å². The van der Waals surface area contributed by atoms with Crippen LogP contribution in [0.15, 0.2) is 24.3 Å². The first kappa shape index (κ1) is 15.5. The van der Waals surface area contributed by atoms with Crippen molar-refractivity contribution in [2.45, 2.75) is 19.5 Å². The van der Waals surface area contributed by atoms with Gasteiger partial charge in [-0.1, -0.05) is 12.1 Å². The predicted molar refractivity (Wildman–Crippen MR) is 76.0 cm³/mol. The van der Waals surface area contributed by atoms with Gasteiger partial charge < -0.3 is 20.7 Å². The van der Waals surface area contributed by atoms with E-state index in [1.807, 2.05) is 38.4 Å². The Kier molecular flexibility index (Phi) is 6.32. The molecule has 3 N–H and O–H groups in total. The molecule has 0 saturated carbocycles. The van der Waals surface area contributed by atoms with Crippen LogP contribution in [0.4, 0.5) is 0 Å². The van der Waals surface area contributed by atoms with Crippen molar-refractivity contribution < 1.29 is 9.53 Å². The number of amides is 1. The summed E-state index contributed by atoms with van der Waals surface area (Å²) in [6.45, 7) is 3.69. The maximum absolute atomic E-state index is 11.3. The predicted octanol–water partition coefficient (Wildman–Crippen LogP) is 0.590. The van der Waals surface area contributed by atoms with Gasteiger partial charge >= 0.3 is 0 Å². The van der Waals surface area contributed by atoms with E-state index in [1.54, 1.807) is 6.92 Å². The molecule has 0 bridgehead atoms. The van der Waals surface area contributed by atoms with Crippen LogP contribution >= 0.6 is 0 Å². The summed E-state index contributed by atoms with van der Waals surface area (Å²) in [6.07, 6.45) is 0. The summed E-state index contributed by atoms with van der Waals surface area (Å²) in [4.78, 5) is 13.4. The molecule has 1 aromatic carbocycles. The van der Waals surface area contributed by atoms with E-state index in [0.29, 0.717) is 13.2 Å². The van der Waals surface area contributed by atoms with Gasteiger partial charge in [0.2, 0.25) is 5.91 Å². The lowest BCUT2D eigenvalue weighted by atomic mass is 10.2. The zero-order valence-corrected chi connectivity index (χ0v) is 11.8. The van der Waals surface area contributed by atoms with Crippen LogP contribution in [-0.4, -0.2) is 44.1 Å². The third kappa shape index (κ3) is 6.22. The Balaban J connectivity index is 2.37. The Morgan fingerprint density at radius 2 is 2.00 bits per heavy atom. The maximum atomic E-state index is 11.3. The van der Waals surface area contributed by atoms with Crippen molar-refractivity contribution >= 4 is 5.91 Å². The van der Waals surface area contributed by atoms with Crippen molar-refractivity contribution in [1.82, 2.24) is 10.2 Å². The molecule has 0 heterocycles. The van der Waals surface area contributed by atoms with Crippen molar-refractivity contribution in [2.24, 2.45) is 5.73 Å². The molecule has 0 aliphatic carbocycles. The lowest BCUT2D eigenvalue weighted by molar-refractivity contribution is -0.122. The molecule has 1 atom stereocenters.